The highest BCUT2D eigenvalue weighted by molar-refractivity contribution is 7.86. The Hall–Kier alpha value is -1.33. The minimum Gasteiger partial charge on any atom is -0.464 e. The molecule has 0 heterocycles. The highest BCUT2D eigenvalue weighted by Gasteiger charge is 2.50. The summed E-state index contributed by atoms with van der Waals surface area (Å²) in [6, 6.07) is 0. The second-order valence-corrected chi connectivity index (χ2v) is 6.12. The summed E-state index contributed by atoms with van der Waals surface area (Å²) in [5.74, 6) is -5.49. The molecule has 130 valence electrons. The molecule has 0 aromatic heterocycles. The topological polar surface area (TPSA) is 116 Å². The molecule has 0 aromatic carbocycles. The van der Waals surface area contributed by atoms with Gasteiger partial charge in [-0.2, -0.15) is 17.2 Å². The monoisotopic (exact) mass is 348 g/mol. The Balaban J connectivity index is 5.23. The number of halogens is 2. The van der Waals surface area contributed by atoms with Crippen LogP contribution >= 0.6 is 0 Å². The van der Waals surface area contributed by atoms with E-state index in [0.717, 1.165) is 14.0 Å². The van der Waals surface area contributed by atoms with Gasteiger partial charge < -0.3 is 14.2 Å². The summed E-state index contributed by atoms with van der Waals surface area (Å²) < 4.78 is 69.0. The van der Waals surface area contributed by atoms with Gasteiger partial charge in [-0.05, 0) is 6.42 Å². The minimum atomic E-state index is -5.76. The van der Waals surface area contributed by atoms with Gasteiger partial charge in [0.2, 0.25) is 0 Å². The van der Waals surface area contributed by atoms with E-state index in [1.807, 2.05) is 0 Å². The summed E-state index contributed by atoms with van der Waals surface area (Å²) in [6.07, 6.45) is 0.345. The summed E-state index contributed by atoms with van der Waals surface area (Å²) in [5, 5.41) is -4.69. The predicted octanol–water partition coefficient (Wildman–Crippen LogP) is 0.962. The standard InChI is InChI=1S/C11H18F2O8S/c1-5-7(2)8(14)21-10(3,9(15)19-4)20-6-11(12,13)22(16,17)18/h7H,5-6H2,1-4H3,(H,16,17,18). The van der Waals surface area contributed by atoms with Crippen LogP contribution in [0.4, 0.5) is 8.78 Å². The van der Waals surface area contributed by atoms with Gasteiger partial charge in [0.1, 0.15) is 6.61 Å². The summed E-state index contributed by atoms with van der Waals surface area (Å²) in [5.41, 5.74) is 0. The van der Waals surface area contributed by atoms with Crippen LogP contribution in [0.1, 0.15) is 27.2 Å². The average molecular weight is 348 g/mol. The average Bonchev–Trinajstić information content (AvgIpc) is 2.42. The maximum Gasteiger partial charge on any atom is 0.392 e. The zero-order chi connectivity index (χ0) is 17.8. The molecule has 2 atom stereocenters. The first-order chi connectivity index (χ1) is 9.80. The van der Waals surface area contributed by atoms with Gasteiger partial charge in [-0.1, -0.05) is 13.8 Å². The van der Waals surface area contributed by atoms with Crippen molar-refractivity contribution < 1.29 is 45.6 Å². The van der Waals surface area contributed by atoms with Crippen molar-refractivity contribution in [3.05, 3.63) is 0 Å². The molecule has 1 N–H and O–H groups in total. The number of ether oxygens (including phenoxy) is 3. The van der Waals surface area contributed by atoms with Gasteiger partial charge in [0.25, 0.3) is 0 Å². The lowest BCUT2D eigenvalue weighted by atomic mass is 10.1. The zero-order valence-electron chi connectivity index (χ0n) is 12.5. The number of hydrogen-bond acceptors (Lipinski definition) is 7. The molecule has 0 saturated heterocycles. The Kier molecular flexibility index (Phi) is 6.85. The molecule has 11 heteroatoms. The second kappa shape index (κ2) is 7.29. The number of carbonyl (C=O) groups is 2. The van der Waals surface area contributed by atoms with E-state index < -0.39 is 45.6 Å². The van der Waals surface area contributed by atoms with Gasteiger partial charge >= 0.3 is 33.1 Å². The quantitative estimate of drug-likeness (QED) is 0.392. The number of rotatable bonds is 8. The van der Waals surface area contributed by atoms with Crippen molar-refractivity contribution in [1.29, 1.82) is 0 Å². The molecular weight excluding hydrogens is 330 g/mol. The lowest BCUT2D eigenvalue weighted by molar-refractivity contribution is -0.247. The molecule has 2 unspecified atom stereocenters. The summed E-state index contributed by atoms with van der Waals surface area (Å²) in [4.78, 5) is 23.2. The van der Waals surface area contributed by atoms with Gasteiger partial charge in [0, 0.05) is 6.92 Å². The minimum absolute atomic E-state index is 0.345. The third kappa shape index (κ3) is 5.14. The molecule has 0 aromatic rings. The molecule has 8 nitrogen and oxygen atoms in total. The van der Waals surface area contributed by atoms with E-state index in [9.17, 15) is 26.8 Å². The molecule has 0 spiro atoms. The third-order valence-electron chi connectivity index (χ3n) is 2.76. The molecule has 0 aliphatic rings. The maximum atomic E-state index is 13.1. The van der Waals surface area contributed by atoms with Crippen LogP contribution in [0.5, 0.6) is 0 Å². The number of alkyl halides is 2. The van der Waals surface area contributed by atoms with E-state index in [-0.39, 0.29) is 0 Å². The highest BCUT2D eigenvalue weighted by atomic mass is 32.2. The molecule has 0 bridgehead atoms. The van der Waals surface area contributed by atoms with Gasteiger partial charge in [0.15, 0.2) is 0 Å². The first kappa shape index (κ1) is 20.7. The number of methoxy groups -OCH3 is 1. The van der Waals surface area contributed by atoms with Gasteiger partial charge in [-0.25, -0.2) is 4.79 Å². The van der Waals surface area contributed by atoms with Crippen LogP contribution in [0.25, 0.3) is 0 Å². The van der Waals surface area contributed by atoms with Gasteiger partial charge in [0.05, 0.1) is 13.0 Å². The van der Waals surface area contributed by atoms with Crippen molar-refractivity contribution in [3.8, 4) is 0 Å². The fourth-order valence-corrected chi connectivity index (χ4v) is 1.28. The van der Waals surface area contributed by atoms with E-state index in [1.165, 1.54) is 6.92 Å². The Morgan fingerprint density at radius 1 is 1.32 bits per heavy atom. The molecule has 0 aliphatic heterocycles. The fraction of sp³-hybridized carbons (Fsp3) is 0.818. The van der Waals surface area contributed by atoms with Crippen molar-refractivity contribution in [3.63, 3.8) is 0 Å². The normalized spacial score (nSPS) is 16.5. The number of esters is 2. The smallest absolute Gasteiger partial charge is 0.392 e. The Morgan fingerprint density at radius 3 is 2.18 bits per heavy atom. The molecule has 0 radical (unpaired) electrons. The van der Waals surface area contributed by atoms with Crippen molar-refractivity contribution in [2.45, 2.75) is 38.2 Å². The molecule has 0 rings (SSSR count). The lowest BCUT2D eigenvalue weighted by Gasteiger charge is -2.28. The predicted molar refractivity (Wildman–Crippen MR) is 68.4 cm³/mol. The van der Waals surface area contributed by atoms with E-state index in [2.05, 4.69) is 9.47 Å². The zero-order valence-corrected chi connectivity index (χ0v) is 13.3. The third-order valence-corrected chi connectivity index (χ3v) is 3.63. The van der Waals surface area contributed by atoms with E-state index in [0.29, 0.717) is 6.42 Å². The van der Waals surface area contributed by atoms with Crippen LogP contribution in [0, 0.1) is 5.92 Å². The van der Waals surface area contributed by atoms with Crippen molar-refractivity contribution in [1.82, 2.24) is 0 Å². The Bertz CT molecular complexity index is 518. The van der Waals surface area contributed by atoms with Crippen molar-refractivity contribution in [2.24, 2.45) is 5.92 Å². The molecule has 0 saturated carbocycles. The summed E-state index contributed by atoms with van der Waals surface area (Å²) in [6.45, 7) is 2.02. The van der Waals surface area contributed by atoms with Crippen LogP contribution in [-0.4, -0.2) is 49.7 Å². The van der Waals surface area contributed by atoms with Crippen molar-refractivity contribution in [2.75, 3.05) is 13.7 Å². The number of hydrogen-bond donors (Lipinski definition) is 1. The van der Waals surface area contributed by atoms with E-state index >= 15 is 0 Å². The van der Waals surface area contributed by atoms with Crippen molar-refractivity contribution >= 4 is 22.1 Å². The second-order valence-electron chi connectivity index (χ2n) is 4.57. The first-order valence-electron chi connectivity index (χ1n) is 6.10. The van der Waals surface area contributed by atoms with Crippen LogP contribution in [0.2, 0.25) is 0 Å². The maximum absolute atomic E-state index is 13.1. The molecule has 0 fully saturated rings. The highest BCUT2D eigenvalue weighted by Crippen LogP contribution is 2.26. The largest absolute Gasteiger partial charge is 0.464 e. The Morgan fingerprint density at radius 2 is 1.82 bits per heavy atom. The molecule has 0 amide bonds. The van der Waals surface area contributed by atoms with Crippen LogP contribution in [-0.2, 0) is 33.9 Å². The molecule has 0 aliphatic carbocycles. The van der Waals surface area contributed by atoms with E-state index in [4.69, 9.17) is 9.29 Å². The number of carbonyl (C=O) groups excluding carboxylic acids is 2. The Labute approximate surface area is 126 Å². The van der Waals surface area contributed by atoms with Crippen LogP contribution < -0.4 is 0 Å². The summed E-state index contributed by atoms with van der Waals surface area (Å²) in [7, 11) is -4.87. The van der Waals surface area contributed by atoms with Gasteiger partial charge in [-0.3, -0.25) is 9.35 Å². The van der Waals surface area contributed by atoms with Crippen LogP contribution in [0.15, 0.2) is 0 Å². The van der Waals surface area contributed by atoms with Gasteiger partial charge in [-0.15, -0.1) is 0 Å². The van der Waals surface area contributed by atoms with E-state index in [1.54, 1.807) is 6.92 Å². The summed E-state index contributed by atoms with van der Waals surface area (Å²) >= 11 is 0. The SMILES string of the molecule is CCC(C)C(=O)OC(C)(OCC(F)(F)S(=O)(=O)O)C(=O)OC. The lowest BCUT2D eigenvalue weighted by Crippen LogP contribution is -2.48. The van der Waals surface area contributed by atoms with Crippen LogP contribution in [0.3, 0.4) is 0 Å². The first-order valence-corrected chi connectivity index (χ1v) is 7.54. The molecular formula is C11H18F2O8S. The fourth-order valence-electron chi connectivity index (χ4n) is 1.07. The molecule has 22 heavy (non-hydrogen) atoms.